The van der Waals surface area contributed by atoms with Gasteiger partial charge < -0.3 is 9.84 Å². The standard InChI is InChI=1S/C23H26N2O2/c1-17-21(18(2)27-25-17)14-16-23(26)24-22(20-11-7-4-8-12-20)15-13-19-9-5-3-6-10-19/h3-12,22H,13-16H2,1-2H3,(H,24,26). The molecule has 1 unspecified atom stereocenters. The van der Waals surface area contributed by atoms with E-state index in [4.69, 9.17) is 4.52 Å². The average molecular weight is 362 g/mol. The Balaban J connectivity index is 1.63. The van der Waals surface area contributed by atoms with Crippen molar-refractivity contribution in [3.05, 3.63) is 88.8 Å². The molecule has 1 amide bonds. The Labute approximate surface area is 160 Å². The lowest BCUT2D eigenvalue weighted by Crippen LogP contribution is -2.29. The number of rotatable bonds is 8. The van der Waals surface area contributed by atoms with Crippen molar-refractivity contribution in [3.63, 3.8) is 0 Å². The summed E-state index contributed by atoms with van der Waals surface area (Å²) in [5, 5.41) is 7.17. The van der Waals surface area contributed by atoms with E-state index in [1.165, 1.54) is 5.56 Å². The first-order valence-corrected chi connectivity index (χ1v) is 9.43. The molecule has 3 aromatic rings. The molecule has 0 fully saturated rings. The molecule has 0 aliphatic heterocycles. The molecule has 1 heterocycles. The first kappa shape index (κ1) is 18.9. The van der Waals surface area contributed by atoms with Crippen LogP contribution in [-0.4, -0.2) is 11.1 Å². The molecular weight excluding hydrogens is 336 g/mol. The number of hydrogen-bond acceptors (Lipinski definition) is 3. The molecule has 0 saturated carbocycles. The largest absolute Gasteiger partial charge is 0.361 e. The zero-order valence-electron chi connectivity index (χ0n) is 15.9. The zero-order valence-corrected chi connectivity index (χ0v) is 15.9. The van der Waals surface area contributed by atoms with Gasteiger partial charge in [-0.25, -0.2) is 0 Å². The highest BCUT2D eigenvalue weighted by molar-refractivity contribution is 5.76. The Morgan fingerprint density at radius 3 is 2.30 bits per heavy atom. The predicted octanol–water partition coefficient (Wildman–Crippen LogP) is 4.71. The number of carbonyl (C=O) groups is 1. The molecule has 27 heavy (non-hydrogen) atoms. The number of carbonyl (C=O) groups excluding carboxylic acids is 1. The van der Waals surface area contributed by atoms with Gasteiger partial charge >= 0.3 is 0 Å². The van der Waals surface area contributed by atoms with E-state index in [1.54, 1.807) is 0 Å². The van der Waals surface area contributed by atoms with Crippen LogP contribution in [0.3, 0.4) is 0 Å². The second-order valence-electron chi connectivity index (χ2n) is 6.86. The average Bonchev–Trinajstić information content (AvgIpc) is 3.02. The summed E-state index contributed by atoms with van der Waals surface area (Å²) in [5.74, 6) is 0.848. The van der Waals surface area contributed by atoms with Crippen LogP contribution in [0.25, 0.3) is 0 Å². The maximum Gasteiger partial charge on any atom is 0.220 e. The van der Waals surface area contributed by atoms with Crippen LogP contribution in [0.1, 0.15) is 47.0 Å². The molecule has 4 heteroatoms. The molecule has 0 saturated heterocycles. The molecule has 140 valence electrons. The van der Waals surface area contributed by atoms with Crippen LogP contribution in [0.5, 0.6) is 0 Å². The molecule has 4 nitrogen and oxygen atoms in total. The number of aryl methyl sites for hydroxylation is 3. The van der Waals surface area contributed by atoms with Gasteiger partial charge in [0, 0.05) is 12.0 Å². The fraction of sp³-hybridized carbons (Fsp3) is 0.304. The van der Waals surface area contributed by atoms with Crippen molar-refractivity contribution in [1.29, 1.82) is 0 Å². The number of nitrogens with zero attached hydrogens (tertiary/aromatic N) is 1. The molecule has 1 aromatic heterocycles. The minimum Gasteiger partial charge on any atom is -0.361 e. The predicted molar refractivity (Wildman–Crippen MR) is 106 cm³/mol. The Bertz CT molecular complexity index is 837. The van der Waals surface area contributed by atoms with Gasteiger partial charge in [0.05, 0.1) is 11.7 Å². The quantitative estimate of drug-likeness (QED) is 0.631. The van der Waals surface area contributed by atoms with E-state index in [1.807, 2.05) is 38.1 Å². The van der Waals surface area contributed by atoms with Crippen molar-refractivity contribution in [3.8, 4) is 0 Å². The van der Waals surface area contributed by atoms with Crippen molar-refractivity contribution in [2.24, 2.45) is 0 Å². The minimum absolute atomic E-state index is 0.00331. The van der Waals surface area contributed by atoms with Crippen molar-refractivity contribution in [1.82, 2.24) is 10.5 Å². The van der Waals surface area contributed by atoms with Crippen LogP contribution in [0.4, 0.5) is 0 Å². The fourth-order valence-electron chi connectivity index (χ4n) is 3.33. The van der Waals surface area contributed by atoms with Gasteiger partial charge in [-0.15, -0.1) is 0 Å². The minimum atomic E-state index is 0.00331. The molecule has 2 aromatic carbocycles. The van der Waals surface area contributed by atoms with E-state index in [-0.39, 0.29) is 11.9 Å². The van der Waals surface area contributed by atoms with Gasteiger partial charge in [0.25, 0.3) is 0 Å². The molecule has 1 atom stereocenters. The fourth-order valence-corrected chi connectivity index (χ4v) is 3.33. The van der Waals surface area contributed by atoms with E-state index < -0.39 is 0 Å². The van der Waals surface area contributed by atoms with Crippen molar-refractivity contribution in [2.75, 3.05) is 0 Å². The number of aromatic nitrogens is 1. The summed E-state index contributed by atoms with van der Waals surface area (Å²) in [5.41, 5.74) is 4.32. The number of benzene rings is 2. The van der Waals surface area contributed by atoms with Crippen molar-refractivity contribution < 1.29 is 9.32 Å². The van der Waals surface area contributed by atoms with Crippen LogP contribution in [0.2, 0.25) is 0 Å². The smallest absolute Gasteiger partial charge is 0.220 e. The second-order valence-corrected chi connectivity index (χ2v) is 6.86. The number of amides is 1. The first-order valence-electron chi connectivity index (χ1n) is 9.43. The Kier molecular flexibility index (Phi) is 6.42. The first-order chi connectivity index (χ1) is 13.1. The molecule has 3 rings (SSSR count). The third-order valence-electron chi connectivity index (χ3n) is 4.88. The van der Waals surface area contributed by atoms with Crippen LogP contribution in [0, 0.1) is 13.8 Å². The summed E-state index contributed by atoms with van der Waals surface area (Å²) in [6, 6.07) is 20.6. The van der Waals surface area contributed by atoms with Crippen LogP contribution < -0.4 is 5.32 Å². The molecule has 0 spiro atoms. The van der Waals surface area contributed by atoms with Gasteiger partial charge in [-0.3, -0.25) is 4.79 Å². The number of nitrogens with one attached hydrogen (secondary N) is 1. The summed E-state index contributed by atoms with van der Waals surface area (Å²) in [6.07, 6.45) is 2.86. The van der Waals surface area contributed by atoms with E-state index in [0.717, 1.165) is 35.4 Å². The second kappa shape index (κ2) is 9.17. The van der Waals surface area contributed by atoms with Crippen LogP contribution in [0.15, 0.2) is 65.2 Å². The highest BCUT2D eigenvalue weighted by Gasteiger charge is 2.16. The van der Waals surface area contributed by atoms with Gasteiger partial charge in [0.1, 0.15) is 5.76 Å². The summed E-state index contributed by atoms with van der Waals surface area (Å²) < 4.78 is 5.18. The van der Waals surface area contributed by atoms with Crippen molar-refractivity contribution in [2.45, 2.75) is 45.6 Å². The zero-order chi connectivity index (χ0) is 19.1. The molecular formula is C23H26N2O2. The SMILES string of the molecule is Cc1noc(C)c1CCC(=O)NC(CCc1ccccc1)c1ccccc1. The Hall–Kier alpha value is -2.88. The third-order valence-corrected chi connectivity index (χ3v) is 4.88. The van der Waals surface area contributed by atoms with E-state index in [2.05, 4.69) is 46.9 Å². The maximum atomic E-state index is 12.6. The summed E-state index contributed by atoms with van der Waals surface area (Å²) in [4.78, 5) is 12.6. The van der Waals surface area contributed by atoms with Gasteiger partial charge in [0.2, 0.25) is 5.91 Å². The topological polar surface area (TPSA) is 55.1 Å². The molecule has 0 bridgehead atoms. The summed E-state index contributed by atoms with van der Waals surface area (Å²) in [7, 11) is 0. The highest BCUT2D eigenvalue weighted by Crippen LogP contribution is 2.20. The van der Waals surface area contributed by atoms with Gasteiger partial charge in [-0.2, -0.15) is 0 Å². The lowest BCUT2D eigenvalue weighted by molar-refractivity contribution is -0.121. The lowest BCUT2D eigenvalue weighted by Gasteiger charge is -2.19. The Morgan fingerprint density at radius 2 is 1.67 bits per heavy atom. The van der Waals surface area contributed by atoms with Gasteiger partial charge in [-0.1, -0.05) is 65.8 Å². The van der Waals surface area contributed by atoms with Crippen molar-refractivity contribution >= 4 is 5.91 Å². The van der Waals surface area contributed by atoms with Gasteiger partial charge in [0.15, 0.2) is 0 Å². The van der Waals surface area contributed by atoms with E-state index in [0.29, 0.717) is 12.8 Å². The van der Waals surface area contributed by atoms with Crippen LogP contribution >= 0.6 is 0 Å². The summed E-state index contributed by atoms with van der Waals surface area (Å²) in [6.45, 7) is 3.80. The number of hydrogen-bond donors (Lipinski definition) is 1. The van der Waals surface area contributed by atoms with E-state index in [9.17, 15) is 4.79 Å². The molecule has 0 aliphatic carbocycles. The summed E-state index contributed by atoms with van der Waals surface area (Å²) >= 11 is 0. The normalized spacial score (nSPS) is 11.9. The lowest BCUT2D eigenvalue weighted by atomic mass is 9.98. The third kappa shape index (κ3) is 5.30. The van der Waals surface area contributed by atoms with Crippen LogP contribution in [-0.2, 0) is 17.6 Å². The molecule has 0 radical (unpaired) electrons. The monoisotopic (exact) mass is 362 g/mol. The molecule has 1 N–H and O–H groups in total. The molecule has 0 aliphatic rings. The van der Waals surface area contributed by atoms with E-state index >= 15 is 0 Å². The highest BCUT2D eigenvalue weighted by atomic mass is 16.5. The maximum absolute atomic E-state index is 12.6. The van der Waals surface area contributed by atoms with Gasteiger partial charge in [-0.05, 0) is 44.2 Å². The Morgan fingerprint density at radius 1 is 1.00 bits per heavy atom.